The van der Waals surface area contributed by atoms with Crippen LogP contribution in [0.15, 0.2) is 66.9 Å². The molecular formula is C31H33N. The summed E-state index contributed by atoms with van der Waals surface area (Å²) < 4.78 is 0. The summed E-state index contributed by atoms with van der Waals surface area (Å²) in [6.07, 6.45) is 4.25. The second kappa shape index (κ2) is 9.12. The molecule has 0 spiro atoms. The van der Waals surface area contributed by atoms with E-state index >= 15 is 0 Å². The van der Waals surface area contributed by atoms with E-state index in [9.17, 15) is 0 Å². The van der Waals surface area contributed by atoms with Gasteiger partial charge in [0, 0.05) is 11.8 Å². The molecule has 0 aliphatic heterocycles. The van der Waals surface area contributed by atoms with Crippen molar-refractivity contribution in [3.05, 3.63) is 100 Å². The summed E-state index contributed by atoms with van der Waals surface area (Å²) in [5.74, 6) is 0. The van der Waals surface area contributed by atoms with E-state index < -0.39 is 0 Å². The average Bonchev–Trinajstić information content (AvgIpc) is 2.73. The van der Waals surface area contributed by atoms with Crippen molar-refractivity contribution in [1.29, 1.82) is 0 Å². The third-order valence-electron chi connectivity index (χ3n) is 6.30. The standard InChI is InChI=1S/C31H33N/c1-7-9-25-16-23(5)31(24(6)17-25)28-12-13-32-29(19-28)26-10-8-11-27(18-26)30-21(3)14-20(2)15-22(30)4/h8,10-19H,7,9H2,1-6H3. The van der Waals surface area contributed by atoms with E-state index in [1.807, 2.05) is 6.20 Å². The molecule has 0 radical (unpaired) electrons. The predicted molar refractivity (Wildman–Crippen MR) is 138 cm³/mol. The smallest absolute Gasteiger partial charge is 0.0708 e. The molecule has 1 heterocycles. The summed E-state index contributed by atoms with van der Waals surface area (Å²) in [7, 11) is 0. The number of hydrogen-bond acceptors (Lipinski definition) is 1. The molecule has 4 aromatic rings. The molecule has 0 aliphatic rings. The fourth-order valence-electron chi connectivity index (χ4n) is 5.15. The Morgan fingerprint density at radius 3 is 1.81 bits per heavy atom. The van der Waals surface area contributed by atoms with Gasteiger partial charge in [0.1, 0.15) is 0 Å². The average molecular weight is 420 g/mol. The van der Waals surface area contributed by atoms with Gasteiger partial charge in [-0.25, -0.2) is 0 Å². The van der Waals surface area contributed by atoms with Crippen LogP contribution in [0.3, 0.4) is 0 Å². The first kappa shape index (κ1) is 22.0. The first-order valence-corrected chi connectivity index (χ1v) is 11.6. The number of aryl methyl sites for hydroxylation is 6. The van der Waals surface area contributed by atoms with Crippen molar-refractivity contribution in [2.75, 3.05) is 0 Å². The molecule has 0 bridgehead atoms. The van der Waals surface area contributed by atoms with E-state index in [-0.39, 0.29) is 0 Å². The predicted octanol–water partition coefficient (Wildman–Crippen LogP) is 8.58. The van der Waals surface area contributed by atoms with Gasteiger partial charge in [0.05, 0.1) is 5.69 Å². The highest BCUT2D eigenvalue weighted by atomic mass is 14.7. The van der Waals surface area contributed by atoms with Crippen LogP contribution < -0.4 is 0 Å². The van der Waals surface area contributed by atoms with Gasteiger partial charge in [-0.3, -0.25) is 4.98 Å². The lowest BCUT2D eigenvalue weighted by molar-refractivity contribution is 0.918. The molecule has 0 saturated heterocycles. The van der Waals surface area contributed by atoms with Crippen molar-refractivity contribution in [3.8, 4) is 33.5 Å². The van der Waals surface area contributed by atoms with E-state index in [0.717, 1.165) is 17.7 Å². The Balaban J connectivity index is 1.77. The summed E-state index contributed by atoms with van der Waals surface area (Å²) in [5.41, 5.74) is 15.4. The Morgan fingerprint density at radius 2 is 1.19 bits per heavy atom. The number of nitrogens with zero attached hydrogens (tertiary/aromatic N) is 1. The Bertz CT molecular complexity index is 1230. The van der Waals surface area contributed by atoms with Crippen LogP contribution in [0.1, 0.15) is 46.7 Å². The first-order valence-electron chi connectivity index (χ1n) is 11.6. The molecule has 32 heavy (non-hydrogen) atoms. The maximum absolute atomic E-state index is 4.74. The van der Waals surface area contributed by atoms with Crippen molar-refractivity contribution >= 4 is 0 Å². The third kappa shape index (κ3) is 4.39. The van der Waals surface area contributed by atoms with Crippen LogP contribution in [-0.4, -0.2) is 4.98 Å². The second-order valence-electron chi connectivity index (χ2n) is 9.14. The summed E-state index contributed by atoms with van der Waals surface area (Å²) >= 11 is 0. The maximum atomic E-state index is 4.74. The van der Waals surface area contributed by atoms with Crippen LogP contribution >= 0.6 is 0 Å². The lowest BCUT2D eigenvalue weighted by Gasteiger charge is -2.15. The Labute approximate surface area is 193 Å². The van der Waals surface area contributed by atoms with Gasteiger partial charge in [0.15, 0.2) is 0 Å². The highest BCUT2D eigenvalue weighted by Gasteiger charge is 2.12. The van der Waals surface area contributed by atoms with Gasteiger partial charge >= 0.3 is 0 Å². The van der Waals surface area contributed by atoms with Gasteiger partial charge in [-0.2, -0.15) is 0 Å². The van der Waals surface area contributed by atoms with Crippen molar-refractivity contribution in [2.45, 2.75) is 54.4 Å². The molecule has 0 saturated carbocycles. The number of hydrogen-bond donors (Lipinski definition) is 0. The van der Waals surface area contributed by atoms with Crippen molar-refractivity contribution in [3.63, 3.8) is 0 Å². The van der Waals surface area contributed by atoms with Crippen LogP contribution in [0.2, 0.25) is 0 Å². The van der Waals surface area contributed by atoms with E-state index in [1.54, 1.807) is 0 Å². The van der Waals surface area contributed by atoms with Crippen LogP contribution in [0, 0.1) is 34.6 Å². The molecule has 0 fully saturated rings. The number of pyridine rings is 1. The molecule has 0 atom stereocenters. The maximum Gasteiger partial charge on any atom is 0.0708 e. The van der Waals surface area contributed by atoms with Gasteiger partial charge in [-0.1, -0.05) is 61.4 Å². The number of rotatable bonds is 5. The zero-order chi connectivity index (χ0) is 22.8. The molecule has 162 valence electrons. The van der Waals surface area contributed by atoms with E-state index in [1.165, 1.54) is 62.1 Å². The van der Waals surface area contributed by atoms with Crippen molar-refractivity contribution in [1.82, 2.24) is 4.98 Å². The fourth-order valence-corrected chi connectivity index (χ4v) is 5.15. The normalized spacial score (nSPS) is 11.1. The quantitative estimate of drug-likeness (QED) is 0.316. The van der Waals surface area contributed by atoms with Crippen LogP contribution in [-0.2, 0) is 6.42 Å². The Morgan fingerprint density at radius 1 is 0.625 bits per heavy atom. The summed E-state index contributed by atoms with van der Waals surface area (Å²) in [6.45, 7) is 13.3. The Kier molecular flexibility index (Phi) is 6.28. The lowest BCUT2D eigenvalue weighted by Crippen LogP contribution is -1.94. The van der Waals surface area contributed by atoms with Crippen LogP contribution in [0.25, 0.3) is 33.5 Å². The van der Waals surface area contributed by atoms with E-state index in [2.05, 4.69) is 102 Å². The summed E-state index contributed by atoms with van der Waals surface area (Å²) in [4.78, 5) is 4.74. The molecule has 0 N–H and O–H groups in total. The van der Waals surface area contributed by atoms with Gasteiger partial charge in [-0.05, 0) is 109 Å². The SMILES string of the molecule is CCCc1cc(C)c(-c2ccnc(-c3cccc(-c4c(C)cc(C)cc4C)c3)c2)c(C)c1. The molecule has 0 amide bonds. The molecule has 3 aromatic carbocycles. The topological polar surface area (TPSA) is 12.9 Å². The second-order valence-corrected chi connectivity index (χ2v) is 9.14. The lowest BCUT2D eigenvalue weighted by atomic mass is 9.91. The minimum Gasteiger partial charge on any atom is -0.256 e. The monoisotopic (exact) mass is 419 g/mol. The zero-order valence-electron chi connectivity index (χ0n) is 20.2. The van der Waals surface area contributed by atoms with Crippen LogP contribution in [0.5, 0.6) is 0 Å². The molecule has 0 unspecified atom stereocenters. The van der Waals surface area contributed by atoms with Gasteiger partial charge in [0.25, 0.3) is 0 Å². The number of aromatic nitrogens is 1. The minimum atomic E-state index is 1.02. The number of benzene rings is 3. The minimum absolute atomic E-state index is 1.02. The van der Waals surface area contributed by atoms with Crippen molar-refractivity contribution in [2.24, 2.45) is 0 Å². The molecule has 1 heteroatoms. The summed E-state index contributed by atoms with van der Waals surface area (Å²) in [6, 6.07) is 22.4. The fraction of sp³-hybridized carbons (Fsp3) is 0.258. The molecule has 1 nitrogen and oxygen atoms in total. The molecule has 4 rings (SSSR count). The largest absolute Gasteiger partial charge is 0.256 e. The highest BCUT2D eigenvalue weighted by Crippen LogP contribution is 2.34. The van der Waals surface area contributed by atoms with Crippen LogP contribution in [0.4, 0.5) is 0 Å². The van der Waals surface area contributed by atoms with E-state index in [4.69, 9.17) is 4.98 Å². The molecule has 0 aliphatic carbocycles. The molecule has 1 aromatic heterocycles. The third-order valence-corrected chi connectivity index (χ3v) is 6.30. The zero-order valence-corrected chi connectivity index (χ0v) is 20.2. The van der Waals surface area contributed by atoms with Gasteiger partial charge in [0.2, 0.25) is 0 Å². The van der Waals surface area contributed by atoms with Gasteiger partial charge in [-0.15, -0.1) is 0 Å². The highest BCUT2D eigenvalue weighted by molar-refractivity contribution is 5.79. The molecular weight excluding hydrogens is 386 g/mol. The van der Waals surface area contributed by atoms with Crippen molar-refractivity contribution < 1.29 is 0 Å². The first-order chi connectivity index (χ1) is 15.4. The summed E-state index contributed by atoms with van der Waals surface area (Å²) in [5, 5.41) is 0. The Hall–Kier alpha value is -3.19. The van der Waals surface area contributed by atoms with E-state index in [0.29, 0.717) is 0 Å². The van der Waals surface area contributed by atoms with Gasteiger partial charge < -0.3 is 0 Å².